The summed E-state index contributed by atoms with van der Waals surface area (Å²) in [5.74, 6) is -1.57. The average molecular weight is 482 g/mol. The van der Waals surface area contributed by atoms with Crippen LogP contribution >= 0.6 is 38.6 Å². The zero-order valence-corrected chi connectivity index (χ0v) is 17.1. The molecule has 5 nitrogen and oxygen atoms in total. The SMILES string of the molecule is O=C(CC(F)(F)F)Nc1sc2c(c1C(=O)NCc1cnc(Br)s1)CCCC2. The molecule has 0 saturated carbocycles. The molecule has 0 spiro atoms. The normalized spacial score (nSPS) is 13.9. The van der Waals surface area contributed by atoms with Gasteiger partial charge in [0.1, 0.15) is 11.4 Å². The van der Waals surface area contributed by atoms with Crippen molar-refractivity contribution in [2.45, 2.75) is 44.8 Å². The molecule has 0 unspecified atom stereocenters. The van der Waals surface area contributed by atoms with Gasteiger partial charge in [-0.05, 0) is 47.2 Å². The number of halogens is 4. The Balaban J connectivity index is 1.80. The second kappa shape index (κ2) is 8.27. The van der Waals surface area contributed by atoms with Crippen molar-refractivity contribution in [2.75, 3.05) is 5.32 Å². The van der Waals surface area contributed by atoms with E-state index < -0.39 is 24.4 Å². The first-order valence-electron chi connectivity index (χ1n) is 8.12. The third kappa shape index (κ3) is 5.29. The minimum atomic E-state index is -4.59. The smallest absolute Gasteiger partial charge is 0.347 e. The second-order valence-corrected chi connectivity index (χ2v) is 9.51. The van der Waals surface area contributed by atoms with Crippen molar-refractivity contribution in [3.63, 3.8) is 0 Å². The van der Waals surface area contributed by atoms with Crippen LogP contribution < -0.4 is 10.6 Å². The lowest BCUT2D eigenvalue weighted by molar-refractivity contribution is -0.150. The van der Waals surface area contributed by atoms with Gasteiger partial charge in [-0.15, -0.1) is 22.7 Å². The number of anilines is 1. The molecule has 11 heteroatoms. The van der Waals surface area contributed by atoms with E-state index in [4.69, 9.17) is 0 Å². The van der Waals surface area contributed by atoms with Crippen molar-refractivity contribution in [1.29, 1.82) is 0 Å². The second-order valence-electron chi connectivity index (χ2n) is 6.02. The summed E-state index contributed by atoms with van der Waals surface area (Å²) in [6.07, 6.45) is -1.24. The summed E-state index contributed by atoms with van der Waals surface area (Å²) >= 11 is 5.82. The van der Waals surface area contributed by atoms with Crippen LogP contribution in [0.2, 0.25) is 0 Å². The van der Waals surface area contributed by atoms with Crippen LogP contribution in [0.1, 0.15) is 44.9 Å². The number of fused-ring (bicyclic) bond motifs is 1. The van der Waals surface area contributed by atoms with Crippen LogP contribution in [0.5, 0.6) is 0 Å². The highest BCUT2D eigenvalue weighted by Crippen LogP contribution is 2.38. The molecule has 0 aromatic carbocycles. The number of hydrogen-bond acceptors (Lipinski definition) is 5. The van der Waals surface area contributed by atoms with Gasteiger partial charge in [0, 0.05) is 16.0 Å². The third-order valence-electron chi connectivity index (χ3n) is 3.96. The van der Waals surface area contributed by atoms with Crippen molar-refractivity contribution >= 4 is 55.4 Å². The molecule has 0 bridgehead atoms. The van der Waals surface area contributed by atoms with Gasteiger partial charge in [-0.3, -0.25) is 9.59 Å². The Hall–Kier alpha value is -1.46. The van der Waals surface area contributed by atoms with Gasteiger partial charge in [0.05, 0.1) is 12.1 Å². The first-order valence-corrected chi connectivity index (χ1v) is 10.5. The summed E-state index contributed by atoms with van der Waals surface area (Å²) in [6.45, 7) is 0.253. The van der Waals surface area contributed by atoms with Crippen molar-refractivity contribution in [2.24, 2.45) is 0 Å². The molecule has 0 saturated heterocycles. The molecule has 1 aliphatic rings. The minimum Gasteiger partial charge on any atom is -0.347 e. The maximum Gasteiger partial charge on any atom is 0.397 e. The molecular formula is C16H15BrF3N3O2S2. The van der Waals surface area contributed by atoms with E-state index in [1.807, 2.05) is 0 Å². The van der Waals surface area contributed by atoms with Gasteiger partial charge in [-0.1, -0.05) is 0 Å². The van der Waals surface area contributed by atoms with Crippen LogP contribution in [0.15, 0.2) is 10.1 Å². The lowest BCUT2D eigenvalue weighted by atomic mass is 9.95. The van der Waals surface area contributed by atoms with Crippen molar-refractivity contribution in [3.8, 4) is 0 Å². The van der Waals surface area contributed by atoms with E-state index in [2.05, 4.69) is 31.5 Å². The number of aromatic nitrogens is 1. The topological polar surface area (TPSA) is 71.1 Å². The van der Waals surface area contributed by atoms with Gasteiger partial charge in [0.25, 0.3) is 5.91 Å². The van der Waals surface area contributed by atoms with Crippen LogP contribution in [0.4, 0.5) is 18.2 Å². The van der Waals surface area contributed by atoms with Crippen molar-refractivity contribution in [3.05, 3.63) is 31.0 Å². The lowest BCUT2D eigenvalue weighted by Gasteiger charge is -2.13. The molecule has 0 atom stereocenters. The molecule has 2 aromatic rings. The van der Waals surface area contributed by atoms with Gasteiger partial charge in [-0.25, -0.2) is 4.98 Å². The number of rotatable bonds is 5. The molecule has 2 heterocycles. The van der Waals surface area contributed by atoms with Gasteiger partial charge in [0.15, 0.2) is 3.92 Å². The lowest BCUT2D eigenvalue weighted by Crippen LogP contribution is -2.26. The summed E-state index contributed by atoms with van der Waals surface area (Å²) in [5.41, 5.74) is 1.12. The van der Waals surface area contributed by atoms with Crippen molar-refractivity contribution < 1.29 is 22.8 Å². The number of nitrogens with one attached hydrogen (secondary N) is 2. The number of carbonyl (C=O) groups is 2. The van der Waals surface area contributed by atoms with E-state index in [1.54, 1.807) is 6.20 Å². The molecule has 146 valence electrons. The maximum absolute atomic E-state index is 12.7. The largest absolute Gasteiger partial charge is 0.397 e. The molecule has 0 fully saturated rings. The highest BCUT2D eigenvalue weighted by atomic mass is 79.9. The zero-order valence-electron chi connectivity index (χ0n) is 13.9. The van der Waals surface area contributed by atoms with E-state index in [9.17, 15) is 22.8 Å². The highest BCUT2D eigenvalue weighted by Gasteiger charge is 2.33. The van der Waals surface area contributed by atoms with Crippen LogP contribution in [-0.4, -0.2) is 23.0 Å². The molecule has 3 rings (SSSR count). The molecule has 27 heavy (non-hydrogen) atoms. The number of aryl methyl sites for hydroxylation is 1. The molecule has 0 aliphatic heterocycles. The summed E-state index contributed by atoms with van der Waals surface area (Å²) in [6, 6.07) is 0. The summed E-state index contributed by atoms with van der Waals surface area (Å²) in [4.78, 5) is 30.3. The standard InChI is InChI=1S/C16H15BrF3N3O2S2/c17-15-22-7-8(26-15)6-21-13(25)12-9-3-1-2-4-10(9)27-14(12)23-11(24)5-16(18,19)20/h7H,1-6H2,(H,21,25)(H,23,24). The molecule has 2 amide bonds. The molecule has 1 aliphatic carbocycles. The van der Waals surface area contributed by atoms with E-state index in [1.165, 1.54) is 22.7 Å². The molecule has 2 aromatic heterocycles. The van der Waals surface area contributed by atoms with Gasteiger partial charge < -0.3 is 10.6 Å². The number of alkyl halides is 3. The first kappa shape index (κ1) is 20.3. The van der Waals surface area contributed by atoms with Crippen LogP contribution in [0, 0.1) is 0 Å². The fourth-order valence-electron chi connectivity index (χ4n) is 2.87. The van der Waals surface area contributed by atoms with Gasteiger partial charge in [-0.2, -0.15) is 13.2 Å². The first-order chi connectivity index (χ1) is 12.7. The Morgan fingerprint density at radius 1 is 1.22 bits per heavy atom. The van der Waals surface area contributed by atoms with E-state index >= 15 is 0 Å². The Labute approximate surface area is 169 Å². The molecule has 0 radical (unpaired) electrons. The number of hydrogen-bond donors (Lipinski definition) is 2. The fraction of sp³-hybridized carbons (Fsp3) is 0.438. The van der Waals surface area contributed by atoms with Crippen LogP contribution in [0.25, 0.3) is 0 Å². The number of nitrogens with zero attached hydrogens (tertiary/aromatic N) is 1. The highest BCUT2D eigenvalue weighted by molar-refractivity contribution is 9.11. The minimum absolute atomic E-state index is 0.194. The van der Waals surface area contributed by atoms with Crippen LogP contribution in [-0.2, 0) is 24.2 Å². The quantitative estimate of drug-likeness (QED) is 0.651. The van der Waals surface area contributed by atoms with Gasteiger partial charge >= 0.3 is 6.18 Å². The van der Waals surface area contributed by atoms with E-state index in [0.717, 1.165) is 34.6 Å². The predicted octanol–water partition coefficient (Wildman–Crippen LogP) is 4.67. The Morgan fingerprint density at radius 3 is 2.63 bits per heavy atom. The van der Waals surface area contributed by atoms with Crippen molar-refractivity contribution in [1.82, 2.24) is 10.3 Å². The Kier molecular flexibility index (Phi) is 6.21. The Morgan fingerprint density at radius 2 is 1.96 bits per heavy atom. The monoisotopic (exact) mass is 481 g/mol. The Bertz CT molecular complexity index is 864. The zero-order chi connectivity index (χ0) is 19.6. The summed E-state index contributed by atoms with van der Waals surface area (Å²) < 4.78 is 38.1. The summed E-state index contributed by atoms with van der Waals surface area (Å²) in [5, 5.41) is 5.25. The van der Waals surface area contributed by atoms with E-state index in [0.29, 0.717) is 10.3 Å². The fourth-order valence-corrected chi connectivity index (χ4v) is 5.47. The maximum atomic E-state index is 12.7. The summed E-state index contributed by atoms with van der Waals surface area (Å²) in [7, 11) is 0. The number of amides is 2. The van der Waals surface area contributed by atoms with Gasteiger partial charge in [0.2, 0.25) is 5.91 Å². The number of carbonyl (C=O) groups excluding carboxylic acids is 2. The molecule has 2 N–H and O–H groups in total. The average Bonchev–Trinajstić information content (AvgIpc) is 3.13. The third-order valence-corrected chi connectivity index (χ3v) is 6.64. The van der Waals surface area contributed by atoms with Crippen LogP contribution in [0.3, 0.4) is 0 Å². The molecular weight excluding hydrogens is 467 g/mol. The van der Waals surface area contributed by atoms with E-state index in [-0.39, 0.29) is 17.1 Å². The number of thiophene rings is 1. The number of thiazole rings is 1. The predicted molar refractivity (Wildman–Crippen MR) is 101 cm³/mol.